The number of carbonyl (C=O) groups excluding carboxylic acids is 2. The highest BCUT2D eigenvalue weighted by Crippen LogP contribution is 2.36. The predicted octanol–water partition coefficient (Wildman–Crippen LogP) is 4.12. The van der Waals surface area contributed by atoms with Crippen LogP contribution in [0.15, 0.2) is 42.6 Å². The monoisotopic (exact) mass is 536 g/mol. The minimum absolute atomic E-state index is 0.0263. The Labute approximate surface area is 232 Å². The number of piperidine rings is 1. The van der Waals surface area contributed by atoms with Gasteiger partial charge >= 0.3 is 13.2 Å². The molecule has 2 aromatic rings. The molecule has 2 aliphatic rings. The van der Waals surface area contributed by atoms with Crippen molar-refractivity contribution in [2.45, 2.75) is 90.7 Å². The topological polar surface area (TPSA) is 102 Å². The Hall–Kier alpha value is -2.95. The van der Waals surface area contributed by atoms with Crippen molar-refractivity contribution < 1.29 is 23.6 Å². The fourth-order valence-electron chi connectivity index (χ4n) is 4.64. The number of carbonyl (C=O) groups is 2. The Morgan fingerprint density at radius 1 is 1.10 bits per heavy atom. The molecule has 0 spiro atoms. The summed E-state index contributed by atoms with van der Waals surface area (Å²) in [5.41, 5.74) is 1.55. The zero-order valence-electron chi connectivity index (χ0n) is 24.2. The van der Waals surface area contributed by atoms with E-state index in [9.17, 15) is 9.59 Å². The van der Waals surface area contributed by atoms with Crippen molar-refractivity contribution >= 4 is 30.3 Å². The molecule has 39 heavy (non-hydrogen) atoms. The number of likely N-dealkylation sites (tertiary alicyclic amines) is 1. The summed E-state index contributed by atoms with van der Waals surface area (Å²) in [6.07, 6.45) is 3.15. The first-order chi connectivity index (χ1) is 18.2. The van der Waals surface area contributed by atoms with Gasteiger partial charge in [-0.3, -0.25) is 14.7 Å². The number of ether oxygens (including phenoxy) is 1. The van der Waals surface area contributed by atoms with Gasteiger partial charge in [0.1, 0.15) is 11.3 Å². The Morgan fingerprint density at radius 3 is 2.41 bits per heavy atom. The normalized spacial score (nSPS) is 20.9. The number of benzene rings is 1. The minimum atomic E-state index is -0.526. The van der Waals surface area contributed by atoms with E-state index in [-0.39, 0.29) is 18.0 Å². The third kappa shape index (κ3) is 7.59. The van der Waals surface area contributed by atoms with E-state index in [0.29, 0.717) is 17.9 Å². The molecule has 0 radical (unpaired) electrons. The molecular formula is C29H41BN4O5. The maximum atomic E-state index is 13.0. The molecular weight excluding hydrogens is 495 g/mol. The zero-order chi connectivity index (χ0) is 28.4. The lowest BCUT2D eigenvalue weighted by Crippen LogP contribution is -2.48. The van der Waals surface area contributed by atoms with Crippen LogP contribution in [0.4, 0.5) is 10.5 Å². The van der Waals surface area contributed by atoms with Gasteiger partial charge < -0.3 is 24.7 Å². The van der Waals surface area contributed by atoms with Crippen molar-refractivity contribution in [3.05, 3.63) is 53.9 Å². The SMILES string of the molecule is CC(C)(C)OC(=O)N[C@@H]1CCCN(Cc2ccnc(C(=O)Nc3ccc(B4OC(C)(C)C(C)(C)O4)cc3)c2)C1. The number of nitrogens with zero attached hydrogens (tertiary/aromatic N) is 2. The highest BCUT2D eigenvalue weighted by atomic mass is 16.7. The Bertz CT molecular complexity index is 1160. The summed E-state index contributed by atoms with van der Waals surface area (Å²) in [5, 5.41) is 5.91. The van der Waals surface area contributed by atoms with Crippen molar-refractivity contribution in [1.82, 2.24) is 15.2 Å². The zero-order valence-corrected chi connectivity index (χ0v) is 24.2. The van der Waals surface area contributed by atoms with Crippen LogP contribution in [0.5, 0.6) is 0 Å². The van der Waals surface area contributed by atoms with Crippen LogP contribution in [0.25, 0.3) is 0 Å². The first kappa shape index (κ1) is 29.0. The molecule has 4 rings (SSSR count). The molecule has 1 aromatic heterocycles. The number of rotatable bonds is 6. The molecule has 2 fully saturated rings. The second-order valence-electron chi connectivity index (χ2n) is 12.4. The number of amides is 2. The van der Waals surface area contributed by atoms with Crippen LogP contribution in [0.2, 0.25) is 0 Å². The molecule has 3 heterocycles. The number of hydrogen-bond donors (Lipinski definition) is 2. The number of hydrogen-bond acceptors (Lipinski definition) is 7. The van der Waals surface area contributed by atoms with Gasteiger partial charge in [-0.05, 0) is 103 Å². The van der Waals surface area contributed by atoms with Gasteiger partial charge in [0.15, 0.2) is 0 Å². The molecule has 9 nitrogen and oxygen atoms in total. The second kappa shape index (κ2) is 11.3. The van der Waals surface area contributed by atoms with Gasteiger partial charge in [0.25, 0.3) is 5.91 Å². The average molecular weight is 536 g/mol. The van der Waals surface area contributed by atoms with Crippen LogP contribution in [0, 0.1) is 0 Å². The van der Waals surface area contributed by atoms with Crippen molar-refractivity contribution in [2.24, 2.45) is 0 Å². The molecule has 2 saturated heterocycles. The quantitative estimate of drug-likeness (QED) is 0.536. The number of nitrogens with one attached hydrogen (secondary N) is 2. The molecule has 1 atom stereocenters. The Balaban J connectivity index is 1.32. The van der Waals surface area contributed by atoms with Crippen molar-refractivity contribution in [1.29, 1.82) is 0 Å². The Kier molecular flexibility index (Phi) is 8.40. The van der Waals surface area contributed by atoms with Gasteiger partial charge in [-0.15, -0.1) is 0 Å². The van der Waals surface area contributed by atoms with Crippen LogP contribution in [0.1, 0.15) is 77.4 Å². The highest BCUT2D eigenvalue weighted by Gasteiger charge is 2.51. The molecule has 2 amide bonds. The molecule has 210 valence electrons. The number of anilines is 1. The molecule has 0 aliphatic carbocycles. The second-order valence-corrected chi connectivity index (χ2v) is 12.4. The number of aromatic nitrogens is 1. The van der Waals surface area contributed by atoms with Crippen molar-refractivity contribution in [3.63, 3.8) is 0 Å². The van der Waals surface area contributed by atoms with E-state index in [1.165, 1.54) is 0 Å². The van der Waals surface area contributed by atoms with E-state index in [1.54, 1.807) is 6.20 Å². The molecule has 1 aromatic carbocycles. The molecule has 0 bridgehead atoms. The number of alkyl carbamates (subject to hydrolysis) is 1. The summed E-state index contributed by atoms with van der Waals surface area (Å²) in [7, 11) is -0.452. The molecule has 0 unspecified atom stereocenters. The summed E-state index contributed by atoms with van der Waals surface area (Å²) in [5.74, 6) is -0.275. The van der Waals surface area contributed by atoms with E-state index in [2.05, 4.69) is 20.5 Å². The summed E-state index contributed by atoms with van der Waals surface area (Å²) >= 11 is 0. The van der Waals surface area contributed by atoms with Gasteiger partial charge in [-0.25, -0.2) is 4.79 Å². The summed E-state index contributed by atoms with van der Waals surface area (Å²) < 4.78 is 17.6. The minimum Gasteiger partial charge on any atom is -0.444 e. The van der Waals surface area contributed by atoms with E-state index < -0.39 is 23.9 Å². The van der Waals surface area contributed by atoms with Crippen LogP contribution in [0.3, 0.4) is 0 Å². The summed E-state index contributed by atoms with van der Waals surface area (Å²) in [4.78, 5) is 31.7. The van der Waals surface area contributed by atoms with E-state index in [0.717, 1.165) is 37.0 Å². The van der Waals surface area contributed by atoms with Gasteiger partial charge in [-0.2, -0.15) is 0 Å². The fraction of sp³-hybridized carbons (Fsp3) is 0.552. The van der Waals surface area contributed by atoms with E-state index in [4.69, 9.17) is 14.0 Å². The van der Waals surface area contributed by atoms with Gasteiger partial charge in [-0.1, -0.05) is 12.1 Å². The molecule has 10 heteroatoms. The third-order valence-electron chi connectivity index (χ3n) is 7.38. The maximum absolute atomic E-state index is 13.0. The Morgan fingerprint density at radius 2 is 1.77 bits per heavy atom. The van der Waals surface area contributed by atoms with Crippen LogP contribution in [-0.4, -0.2) is 64.9 Å². The van der Waals surface area contributed by atoms with E-state index >= 15 is 0 Å². The van der Waals surface area contributed by atoms with Gasteiger partial charge in [0.05, 0.1) is 11.2 Å². The first-order valence-electron chi connectivity index (χ1n) is 13.6. The highest BCUT2D eigenvalue weighted by molar-refractivity contribution is 6.62. The third-order valence-corrected chi connectivity index (χ3v) is 7.38. The van der Waals surface area contributed by atoms with Crippen molar-refractivity contribution in [3.8, 4) is 0 Å². The largest absolute Gasteiger partial charge is 0.494 e. The van der Waals surface area contributed by atoms with Gasteiger partial charge in [0.2, 0.25) is 0 Å². The standard InChI is InChI=1S/C29H41BN4O5/c1-27(2,3)37-26(36)33-23-9-8-16-34(19-23)18-20-14-15-31-24(17-20)25(35)32-22-12-10-21(11-13-22)30-38-28(4,5)29(6,7)39-30/h10-15,17,23H,8-9,16,18-19H2,1-7H3,(H,32,35)(H,33,36)/t23-/m1/s1. The smallest absolute Gasteiger partial charge is 0.444 e. The number of pyridine rings is 1. The summed E-state index contributed by atoms with van der Waals surface area (Å²) in [6, 6.07) is 11.2. The lowest BCUT2D eigenvalue weighted by atomic mass is 9.79. The lowest BCUT2D eigenvalue weighted by Gasteiger charge is -2.33. The maximum Gasteiger partial charge on any atom is 0.494 e. The predicted molar refractivity (Wildman–Crippen MR) is 152 cm³/mol. The van der Waals surface area contributed by atoms with Crippen LogP contribution >= 0.6 is 0 Å². The van der Waals surface area contributed by atoms with Crippen LogP contribution < -0.4 is 16.1 Å². The molecule has 2 aliphatic heterocycles. The van der Waals surface area contributed by atoms with Gasteiger partial charge in [0, 0.05) is 31.0 Å². The lowest BCUT2D eigenvalue weighted by molar-refractivity contribution is 0.00578. The molecule has 2 N–H and O–H groups in total. The first-order valence-corrected chi connectivity index (χ1v) is 13.6. The summed E-state index contributed by atoms with van der Waals surface area (Å²) in [6.45, 7) is 16.0. The fourth-order valence-corrected chi connectivity index (χ4v) is 4.64. The average Bonchev–Trinajstić information content (AvgIpc) is 3.05. The molecule has 0 saturated carbocycles. The van der Waals surface area contributed by atoms with E-state index in [1.807, 2.05) is 84.9 Å². The van der Waals surface area contributed by atoms with Crippen LogP contribution in [-0.2, 0) is 20.6 Å². The van der Waals surface area contributed by atoms with Crippen molar-refractivity contribution in [2.75, 3.05) is 18.4 Å².